The van der Waals surface area contributed by atoms with Crippen LogP contribution in [0, 0.1) is 5.41 Å². The minimum atomic E-state index is 0. The van der Waals surface area contributed by atoms with Crippen molar-refractivity contribution in [1.82, 2.24) is 15.5 Å². The Morgan fingerprint density at radius 2 is 2.12 bits per heavy atom. The molecule has 4 nitrogen and oxygen atoms in total. The fourth-order valence-corrected chi connectivity index (χ4v) is 2.02. The largest absolute Gasteiger partial charge is 0.338 e. The first-order chi connectivity index (χ1) is 7.54. The average molecular weight is 260 g/mol. The van der Waals surface area contributed by atoms with E-state index in [1.54, 1.807) is 0 Å². The minimum Gasteiger partial charge on any atom is -0.338 e. The number of hydrogen-bond acceptors (Lipinski definition) is 4. The summed E-state index contributed by atoms with van der Waals surface area (Å²) in [5.41, 5.74) is 0.209. The summed E-state index contributed by atoms with van der Waals surface area (Å²) in [7, 11) is 0. The molecule has 0 bridgehead atoms. The summed E-state index contributed by atoms with van der Waals surface area (Å²) in [4.78, 5) is 4.48. The van der Waals surface area contributed by atoms with Crippen molar-refractivity contribution in [3.63, 3.8) is 0 Å². The summed E-state index contributed by atoms with van der Waals surface area (Å²) >= 11 is 0. The highest BCUT2D eigenvalue weighted by molar-refractivity contribution is 5.85. The number of aromatic nitrogens is 2. The predicted octanol–water partition coefficient (Wildman–Crippen LogP) is 2.89. The molecule has 5 heteroatoms. The summed E-state index contributed by atoms with van der Waals surface area (Å²) in [6.45, 7) is 7.60. The van der Waals surface area contributed by atoms with Crippen LogP contribution in [0.1, 0.15) is 57.8 Å². The van der Waals surface area contributed by atoms with Crippen LogP contribution in [0.4, 0.5) is 0 Å². The van der Waals surface area contributed by atoms with Crippen LogP contribution in [0.2, 0.25) is 0 Å². The van der Waals surface area contributed by atoms with Gasteiger partial charge in [-0.3, -0.25) is 0 Å². The number of nitrogens with one attached hydrogen (secondary N) is 1. The molecular weight excluding hydrogens is 238 g/mol. The third-order valence-electron chi connectivity index (χ3n) is 2.78. The smallest absolute Gasteiger partial charge is 0.243 e. The van der Waals surface area contributed by atoms with Gasteiger partial charge in [0.2, 0.25) is 5.89 Å². The summed E-state index contributed by atoms with van der Waals surface area (Å²) in [5, 5.41) is 7.47. The Kier molecular flexibility index (Phi) is 4.95. The predicted molar refractivity (Wildman–Crippen MR) is 69.3 cm³/mol. The molecule has 1 aromatic heterocycles. The van der Waals surface area contributed by atoms with Gasteiger partial charge >= 0.3 is 0 Å². The number of halogens is 1. The van der Waals surface area contributed by atoms with E-state index in [4.69, 9.17) is 4.52 Å². The third kappa shape index (κ3) is 4.28. The maximum absolute atomic E-state index is 5.33. The second-order valence-electron chi connectivity index (χ2n) is 5.79. The van der Waals surface area contributed by atoms with Crippen molar-refractivity contribution in [3.05, 3.63) is 11.7 Å². The van der Waals surface area contributed by atoms with Gasteiger partial charge in [0, 0.05) is 6.42 Å². The molecule has 0 saturated carbocycles. The van der Waals surface area contributed by atoms with E-state index in [1.165, 1.54) is 12.8 Å². The van der Waals surface area contributed by atoms with Crippen LogP contribution in [0.3, 0.4) is 0 Å². The molecule has 98 valence electrons. The molecule has 2 heterocycles. The van der Waals surface area contributed by atoms with Gasteiger partial charge in [0.1, 0.15) is 0 Å². The van der Waals surface area contributed by atoms with Gasteiger partial charge in [-0.2, -0.15) is 4.98 Å². The van der Waals surface area contributed by atoms with E-state index >= 15 is 0 Å². The normalized spacial score (nSPS) is 21.0. The molecule has 0 aromatic carbocycles. The number of hydrogen-bond donors (Lipinski definition) is 1. The van der Waals surface area contributed by atoms with Crippen LogP contribution < -0.4 is 5.32 Å². The second-order valence-corrected chi connectivity index (χ2v) is 5.79. The van der Waals surface area contributed by atoms with Gasteiger partial charge in [-0.05, 0) is 24.8 Å². The maximum Gasteiger partial charge on any atom is 0.243 e. The van der Waals surface area contributed by atoms with Crippen LogP contribution in [0.25, 0.3) is 0 Å². The van der Waals surface area contributed by atoms with E-state index in [2.05, 4.69) is 36.2 Å². The highest BCUT2D eigenvalue weighted by Gasteiger charge is 2.22. The number of rotatable bonds is 2. The standard InChI is InChI=1S/C12H21N3O.ClH/c1-12(2,3)8-10-14-11(16-15-10)9-6-4-5-7-13-9;/h9,13H,4-8H2,1-3H3;1H. The van der Waals surface area contributed by atoms with Gasteiger partial charge < -0.3 is 9.84 Å². The SMILES string of the molecule is CC(C)(C)Cc1noc(C2CCCCN2)n1.Cl. The molecule has 1 fully saturated rings. The van der Waals surface area contributed by atoms with E-state index in [1.807, 2.05) is 0 Å². The molecule has 0 radical (unpaired) electrons. The van der Waals surface area contributed by atoms with Crippen LogP contribution in [-0.2, 0) is 6.42 Å². The van der Waals surface area contributed by atoms with Crippen molar-refractivity contribution < 1.29 is 4.52 Å². The Morgan fingerprint density at radius 1 is 1.35 bits per heavy atom. The zero-order valence-corrected chi connectivity index (χ0v) is 11.6. The third-order valence-corrected chi connectivity index (χ3v) is 2.78. The van der Waals surface area contributed by atoms with Crippen molar-refractivity contribution in [1.29, 1.82) is 0 Å². The first-order valence-corrected chi connectivity index (χ1v) is 6.10. The zero-order chi connectivity index (χ0) is 11.6. The summed E-state index contributed by atoms with van der Waals surface area (Å²) in [5.74, 6) is 1.59. The highest BCUT2D eigenvalue weighted by Crippen LogP contribution is 2.23. The van der Waals surface area contributed by atoms with E-state index in [9.17, 15) is 0 Å². The minimum absolute atomic E-state index is 0. The Balaban J connectivity index is 0.00000144. The van der Waals surface area contributed by atoms with Gasteiger partial charge in [-0.1, -0.05) is 32.3 Å². The highest BCUT2D eigenvalue weighted by atomic mass is 35.5. The second kappa shape index (κ2) is 5.83. The lowest BCUT2D eigenvalue weighted by molar-refractivity contribution is 0.293. The van der Waals surface area contributed by atoms with Crippen LogP contribution in [-0.4, -0.2) is 16.7 Å². The molecule has 1 aliphatic heterocycles. The van der Waals surface area contributed by atoms with Gasteiger partial charge in [-0.15, -0.1) is 12.4 Å². The Morgan fingerprint density at radius 3 is 2.71 bits per heavy atom. The molecule has 1 saturated heterocycles. The lowest BCUT2D eigenvalue weighted by atomic mass is 9.92. The number of nitrogens with zero attached hydrogens (tertiary/aromatic N) is 2. The van der Waals surface area contributed by atoms with Crippen LogP contribution >= 0.6 is 12.4 Å². The topological polar surface area (TPSA) is 51.0 Å². The van der Waals surface area contributed by atoms with Crippen molar-refractivity contribution in [2.45, 2.75) is 52.5 Å². The summed E-state index contributed by atoms with van der Waals surface area (Å²) < 4.78 is 5.33. The molecule has 17 heavy (non-hydrogen) atoms. The monoisotopic (exact) mass is 259 g/mol. The van der Waals surface area contributed by atoms with Gasteiger partial charge in [-0.25, -0.2) is 0 Å². The molecule has 0 aliphatic carbocycles. The summed E-state index contributed by atoms with van der Waals surface area (Å²) in [6.07, 6.45) is 4.47. The number of piperidine rings is 1. The van der Waals surface area contributed by atoms with Crippen LogP contribution in [0.15, 0.2) is 4.52 Å². The maximum atomic E-state index is 5.33. The molecule has 1 aromatic rings. The lowest BCUT2D eigenvalue weighted by Crippen LogP contribution is -2.27. The van der Waals surface area contributed by atoms with Crippen molar-refractivity contribution >= 4 is 12.4 Å². The van der Waals surface area contributed by atoms with Gasteiger partial charge in [0.15, 0.2) is 5.82 Å². The van der Waals surface area contributed by atoms with Crippen molar-refractivity contribution in [2.75, 3.05) is 6.54 Å². The average Bonchev–Trinajstić information content (AvgIpc) is 2.65. The van der Waals surface area contributed by atoms with E-state index < -0.39 is 0 Å². The van der Waals surface area contributed by atoms with E-state index in [0.717, 1.165) is 31.1 Å². The molecular formula is C12H22ClN3O. The first-order valence-electron chi connectivity index (χ1n) is 6.10. The molecule has 0 spiro atoms. The molecule has 1 atom stereocenters. The fraction of sp³-hybridized carbons (Fsp3) is 0.833. The van der Waals surface area contributed by atoms with E-state index in [0.29, 0.717) is 0 Å². The molecule has 1 aliphatic rings. The lowest BCUT2D eigenvalue weighted by Gasteiger charge is -2.19. The Bertz CT molecular complexity index is 340. The van der Waals surface area contributed by atoms with Crippen molar-refractivity contribution in [2.24, 2.45) is 5.41 Å². The quantitative estimate of drug-likeness (QED) is 0.887. The van der Waals surface area contributed by atoms with Crippen LogP contribution in [0.5, 0.6) is 0 Å². The molecule has 2 rings (SSSR count). The summed E-state index contributed by atoms with van der Waals surface area (Å²) in [6, 6.07) is 0.273. The molecule has 0 amide bonds. The van der Waals surface area contributed by atoms with E-state index in [-0.39, 0.29) is 23.9 Å². The van der Waals surface area contributed by atoms with Crippen molar-refractivity contribution in [3.8, 4) is 0 Å². The Labute approximate surface area is 109 Å². The fourth-order valence-electron chi connectivity index (χ4n) is 2.02. The zero-order valence-electron chi connectivity index (χ0n) is 10.8. The molecule has 1 N–H and O–H groups in total. The van der Waals surface area contributed by atoms with Gasteiger partial charge in [0.25, 0.3) is 0 Å². The first kappa shape index (κ1) is 14.5. The van der Waals surface area contributed by atoms with Gasteiger partial charge in [0.05, 0.1) is 6.04 Å². The molecule has 1 unspecified atom stereocenters. The Hall–Kier alpha value is -0.610.